The molecule has 0 aliphatic rings. The first kappa shape index (κ1) is 14.0. The highest BCUT2D eigenvalue weighted by atomic mass is 16.1. The molecule has 1 aromatic carbocycles. The van der Waals surface area contributed by atoms with Gasteiger partial charge in [0.1, 0.15) is 5.78 Å². The highest BCUT2D eigenvalue weighted by Gasteiger charge is 2.22. The Hall–Kier alpha value is -1.11. The molecule has 0 spiro atoms. The summed E-state index contributed by atoms with van der Waals surface area (Å²) >= 11 is 0. The first-order valence-corrected chi connectivity index (χ1v) is 6.36. The van der Waals surface area contributed by atoms with E-state index in [1.807, 2.05) is 12.1 Å². The zero-order valence-corrected chi connectivity index (χ0v) is 11.7. The van der Waals surface area contributed by atoms with Crippen molar-refractivity contribution in [3.05, 3.63) is 35.4 Å². The highest BCUT2D eigenvalue weighted by Crippen LogP contribution is 2.28. The standard InChI is InChI=1S/C16H24O/c1-12-7-6-8-14(9-12)11-15(17)10-13(2)16(3,4)5/h6-9,13H,10-11H2,1-5H3. The van der Waals surface area contributed by atoms with Crippen LogP contribution in [0.25, 0.3) is 0 Å². The van der Waals surface area contributed by atoms with E-state index < -0.39 is 0 Å². The molecular weight excluding hydrogens is 208 g/mol. The molecule has 1 atom stereocenters. The summed E-state index contributed by atoms with van der Waals surface area (Å²) in [6.07, 6.45) is 1.25. The van der Waals surface area contributed by atoms with E-state index in [1.165, 1.54) is 5.56 Å². The Balaban J connectivity index is 2.56. The molecule has 0 aliphatic carbocycles. The molecule has 1 rings (SSSR count). The molecule has 1 aromatic rings. The summed E-state index contributed by atoms with van der Waals surface area (Å²) in [6, 6.07) is 8.21. The van der Waals surface area contributed by atoms with Gasteiger partial charge in [0.05, 0.1) is 0 Å². The van der Waals surface area contributed by atoms with Gasteiger partial charge in [-0.1, -0.05) is 57.5 Å². The van der Waals surface area contributed by atoms with Crippen LogP contribution in [0.5, 0.6) is 0 Å². The summed E-state index contributed by atoms with van der Waals surface area (Å²) < 4.78 is 0. The van der Waals surface area contributed by atoms with Gasteiger partial charge in [0.25, 0.3) is 0 Å². The van der Waals surface area contributed by atoms with Gasteiger partial charge in [-0.3, -0.25) is 4.79 Å². The molecule has 17 heavy (non-hydrogen) atoms. The van der Waals surface area contributed by atoms with Crippen LogP contribution < -0.4 is 0 Å². The molecular formula is C16H24O. The molecule has 0 saturated heterocycles. The lowest BCUT2D eigenvalue weighted by atomic mass is 9.79. The van der Waals surface area contributed by atoms with E-state index in [9.17, 15) is 4.79 Å². The number of benzene rings is 1. The van der Waals surface area contributed by atoms with E-state index in [4.69, 9.17) is 0 Å². The Labute approximate surface area is 105 Å². The van der Waals surface area contributed by atoms with Gasteiger partial charge in [0, 0.05) is 12.8 Å². The first-order valence-electron chi connectivity index (χ1n) is 6.36. The lowest BCUT2D eigenvalue weighted by Crippen LogP contribution is -2.21. The third-order valence-electron chi connectivity index (χ3n) is 3.50. The molecule has 0 aromatic heterocycles. The lowest BCUT2D eigenvalue weighted by molar-refractivity contribution is -0.120. The van der Waals surface area contributed by atoms with Crippen molar-refractivity contribution in [2.75, 3.05) is 0 Å². The zero-order valence-electron chi connectivity index (χ0n) is 11.7. The maximum absolute atomic E-state index is 12.0. The van der Waals surface area contributed by atoms with Gasteiger partial charge in [-0.05, 0) is 23.8 Å². The first-order chi connectivity index (χ1) is 7.79. The molecule has 0 radical (unpaired) electrons. The van der Waals surface area contributed by atoms with E-state index in [-0.39, 0.29) is 5.41 Å². The summed E-state index contributed by atoms with van der Waals surface area (Å²) in [5, 5.41) is 0. The molecule has 0 N–H and O–H groups in total. The number of ketones is 1. The zero-order chi connectivity index (χ0) is 13.1. The maximum atomic E-state index is 12.0. The van der Waals surface area contributed by atoms with Gasteiger partial charge >= 0.3 is 0 Å². The van der Waals surface area contributed by atoms with Crippen LogP contribution in [0.1, 0.15) is 45.2 Å². The fourth-order valence-electron chi connectivity index (χ4n) is 1.77. The number of hydrogen-bond acceptors (Lipinski definition) is 1. The molecule has 0 fully saturated rings. The van der Waals surface area contributed by atoms with Gasteiger partial charge in [0.15, 0.2) is 0 Å². The number of Topliss-reactive ketones (excluding diaryl/α,β-unsaturated/α-hetero) is 1. The van der Waals surface area contributed by atoms with Crippen molar-refractivity contribution in [2.24, 2.45) is 11.3 Å². The number of aryl methyl sites for hydroxylation is 1. The minimum absolute atomic E-state index is 0.211. The van der Waals surface area contributed by atoms with Crippen LogP contribution in [0.2, 0.25) is 0 Å². The van der Waals surface area contributed by atoms with Crippen molar-refractivity contribution in [1.82, 2.24) is 0 Å². The van der Waals surface area contributed by atoms with E-state index in [1.54, 1.807) is 0 Å². The summed E-state index contributed by atoms with van der Waals surface area (Å²) in [5.41, 5.74) is 2.57. The fourth-order valence-corrected chi connectivity index (χ4v) is 1.77. The summed E-state index contributed by atoms with van der Waals surface area (Å²) in [7, 11) is 0. The molecule has 1 unspecified atom stereocenters. The Morgan fingerprint density at radius 1 is 1.29 bits per heavy atom. The second-order valence-corrected chi connectivity index (χ2v) is 6.18. The van der Waals surface area contributed by atoms with E-state index >= 15 is 0 Å². The molecule has 0 saturated carbocycles. The number of hydrogen-bond donors (Lipinski definition) is 0. The van der Waals surface area contributed by atoms with Crippen LogP contribution in [-0.4, -0.2) is 5.78 Å². The van der Waals surface area contributed by atoms with Crippen molar-refractivity contribution in [1.29, 1.82) is 0 Å². The molecule has 0 amide bonds. The Bertz CT molecular complexity index is 385. The maximum Gasteiger partial charge on any atom is 0.137 e. The summed E-state index contributed by atoms with van der Waals surface area (Å²) in [5.74, 6) is 0.776. The monoisotopic (exact) mass is 232 g/mol. The predicted molar refractivity (Wildman–Crippen MR) is 73.1 cm³/mol. The number of carbonyl (C=O) groups is 1. The SMILES string of the molecule is Cc1cccc(CC(=O)CC(C)C(C)(C)C)c1. The van der Waals surface area contributed by atoms with E-state index in [0.717, 1.165) is 5.56 Å². The van der Waals surface area contributed by atoms with Crippen molar-refractivity contribution >= 4 is 5.78 Å². The molecule has 0 aliphatic heterocycles. The second kappa shape index (κ2) is 5.48. The number of rotatable bonds is 4. The minimum Gasteiger partial charge on any atom is -0.299 e. The van der Waals surface area contributed by atoms with Gasteiger partial charge in [-0.25, -0.2) is 0 Å². The summed E-state index contributed by atoms with van der Waals surface area (Å²) in [6.45, 7) is 10.8. The smallest absolute Gasteiger partial charge is 0.137 e. The minimum atomic E-state index is 0.211. The lowest BCUT2D eigenvalue weighted by Gasteiger charge is -2.26. The van der Waals surface area contributed by atoms with Crippen molar-refractivity contribution in [2.45, 2.75) is 47.5 Å². The quantitative estimate of drug-likeness (QED) is 0.761. The van der Waals surface area contributed by atoms with Crippen molar-refractivity contribution in [3.63, 3.8) is 0 Å². The van der Waals surface area contributed by atoms with Gasteiger partial charge in [-0.15, -0.1) is 0 Å². The molecule has 1 nitrogen and oxygen atoms in total. The van der Waals surface area contributed by atoms with Gasteiger partial charge in [0.2, 0.25) is 0 Å². The molecule has 94 valence electrons. The average Bonchev–Trinajstić information content (AvgIpc) is 2.15. The predicted octanol–water partition coefficient (Wildman–Crippen LogP) is 4.18. The Kier molecular flexibility index (Phi) is 4.50. The topological polar surface area (TPSA) is 17.1 Å². The van der Waals surface area contributed by atoms with Crippen LogP contribution in [0.3, 0.4) is 0 Å². The highest BCUT2D eigenvalue weighted by molar-refractivity contribution is 5.81. The molecule has 1 heteroatoms. The van der Waals surface area contributed by atoms with Crippen LogP contribution in [0, 0.1) is 18.3 Å². The largest absolute Gasteiger partial charge is 0.299 e. The summed E-state index contributed by atoms with van der Waals surface area (Å²) in [4.78, 5) is 12.0. The van der Waals surface area contributed by atoms with Crippen LogP contribution in [-0.2, 0) is 11.2 Å². The van der Waals surface area contributed by atoms with Gasteiger partial charge < -0.3 is 0 Å². The fraction of sp³-hybridized carbons (Fsp3) is 0.562. The van der Waals surface area contributed by atoms with E-state index in [0.29, 0.717) is 24.5 Å². The third kappa shape index (κ3) is 4.72. The number of carbonyl (C=O) groups excluding carboxylic acids is 1. The van der Waals surface area contributed by atoms with Crippen molar-refractivity contribution < 1.29 is 4.79 Å². The van der Waals surface area contributed by atoms with Crippen molar-refractivity contribution in [3.8, 4) is 0 Å². The second-order valence-electron chi connectivity index (χ2n) is 6.18. The van der Waals surface area contributed by atoms with E-state index in [2.05, 4.69) is 46.8 Å². The average molecular weight is 232 g/mol. The molecule has 0 bridgehead atoms. The Morgan fingerprint density at radius 2 is 1.94 bits per heavy atom. The van der Waals surface area contributed by atoms with Crippen LogP contribution in [0.15, 0.2) is 24.3 Å². The van der Waals surface area contributed by atoms with Crippen LogP contribution in [0.4, 0.5) is 0 Å². The Morgan fingerprint density at radius 3 is 2.47 bits per heavy atom. The van der Waals surface area contributed by atoms with Gasteiger partial charge in [-0.2, -0.15) is 0 Å². The third-order valence-corrected chi connectivity index (χ3v) is 3.50. The normalized spacial score (nSPS) is 13.5. The van der Waals surface area contributed by atoms with Crippen LogP contribution >= 0.6 is 0 Å². The molecule has 0 heterocycles.